The molecule has 0 unspecified atom stereocenters. The number of amides is 1. The van der Waals surface area contributed by atoms with Crippen LogP contribution in [0.4, 0.5) is 0 Å². The molecule has 0 atom stereocenters. The van der Waals surface area contributed by atoms with Crippen molar-refractivity contribution < 1.29 is 13.6 Å². The highest BCUT2D eigenvalue weighted by Crippen LogP contribution is 2.33. The Morgan fingerprint density at radius 2 is 2.06 bits per heavy atom. The van der Waals surface area contributed by atoms with Crippen molar-refractivity contribution in [3.63, 3.8) is 0 Å². The molecule has 5 rings (SSSR count). The maximum atomic E-state index is 12.6. The molecule has 0 bridgehead atoms. The van der Waals surface area contributed by atoms with E-state index < -0.39 is 5.91 Å². The second kappa shape index (κ2) is 8.26. The highest BCUT2D eigenvalue weighted by Gasteiger charge is 2.36. The SMILES string of the molecule is N=C1/C(=C\c2ccc(SCc3ccco3)o2)C(=O)N=C2SC(c3ccccc3Cl)=NN12. The second-order valence-electron chi connectivity index (χ2n) is 6.43. The Labute approximate surface area is 190 Å². The molecule has 0 saturated heterocycles. The molecule has 10 heteroatoms. The molecule has 1 aromatic carbocycles. The zero-order chi connectivity index (χ0) is 21.4. The molecule has 2 aliphatic heterocycles. The molecule has 0 fully saturated rings. The van der Waals surface area contributed by atoms with Crippen molar-refractivity contribution in [2.45, 2.75) is 10.8 Å². The van der Waals surface area contributed by atoms with Crippen molar-refractivity contribution in [3.05, 3.63) is 82.5 Å². The predicted octanol–water partition coefficient (Wildman–Crippen LogP) is 5.49. The van der Waals surface area contributed by atoms with Gasteiger partial charge in [-0.05, 0) is 48.2 Å². The molecule has 0 saturated carbocycles. The first-order valence-corrected chi connectivity index (χ1v) is 11.3. The molecule has 3 aromatic rings. The third-order valence-electron chi connectivity index (χ3n) is 4.38. The van der Waals surface area contributed by atoms with Gasteiger partial charge in [-0.3, -0.25) is 10.2 Å². The van der Waals surface area contributed by atoms with Gasteiger partial charge in [0.15, 0.2) is 10.9 Å². The summed E-state index contributed by atoms with van der Waals surface area (Å²) in [6, 6.07) is 14.6. The zero-order valence-corrected chi connectivity index (χ0v) is 18.1. The van der Waals surface area contributed by atoms with Crippen LogP contribution in [-0.4, -0.2) is 27.0 Å². The van der Waals surface area contributed by atoms with Gasteiger partial charge >= 0.3 is 0 Å². The van der Waals surface area contributed by atoms with Crippen molar-refractivity contribution in [1.29, 1.82) is 5.41 Å². The topological polar surface area (TPSA) is 95.2 Å². The summed E-state index contributed by atoms with van der Waals surface area (Å²) in [6.45, 7) is 0. The van der Waals surface area contributed by atoms with E-state index in [9.17, 15) is 4.79 Å². The lowest BCUT2D eigenvalue weighted by Crippen LogP contribution is -2.35. The number of rotatable bonds is 5. The molecule has 1 amide bonds. The standard InChI is InChI=1S/C21H13ClN4O3S2/c22-16-6-2-1-5-14(16)20-25-26-18(23)15(19(27)24-21(26)31-20)10-12-7-8-17(29-12)30-11-13-4-3-9-28-13/h1-10,23H,11H2/b15-10+,23-18?. The largest absolute Gasteiger partial charge is 0.468 e. The summed E-state index contributed by atoms with van der Waals surface area (Å²) in [7, 11) is 0. The van der Waals surface area contributed by atoms with Gasteiger partial charge in [-0.25, -0.2) is 0 Å². The maximum absolute atomic E-state index is 12.6. The minimum atomic E-state index is -0.513. The minimum absolute atomic E-state index is 0.0641. The highest BCUT2D eigenvalue weighted by molar-refractivity contribution is 8.27. The fourth-order valence-electron chi connectivity index (χ4n) is 2.90. The lowest BCUT2D eigenvalue weighted by Gasteiger charge is -2.19. The third kappa shape index (κ3) is 3.99. The van der Waals surface area contributed by atoms with E-state index in [4.69, 9.17) is 25.8 Å². The summed E-state index contributed by atoms with van der Waals surface area (Å²) in [4.78, 5) is 16.7. The van der Waals surface area contributed by atoms with Crippen LogP contribution >= 0.6 is 35.1 Å². The normalized spacial score (nSPS) is 17.2. The first-order valence-electron chi connectivity index (χ1n) is 9.08. The fraction of sp³-hybridized carbons (Fsp3) is 0.0476. The van der Waals surface area contributed by atoms with Crippen molar-refractivity contribution in [1.82, 2.24) is 5.01 Å². The summed E-state index contributed by atoms with van der Waals surface area (Å²) in [6.07, 6.45) is 3.13. The Bertz CT molecular complexity index is 1280. The van der Waals surface area contributed by atoms with Crippen LogP contribution < -0.4 is 0 Å². The van der Waals surface area contributed by atoms with Gasteiger partial charge in [0.25, 0.3) is 5.91 Å². The van der Waals surface area contributed by atoms with Crippen LogP contribution in [0.3, 0.4) is 0 Å². The smallest absolute Gasteiger partial charge is 0.283 e. The molecule has 31 heavy (non-hydrogen) atoms. The number of furan rings is 2. The molecule has 2 aromatic heterocycles. The molecule has 1 N–H and O–H groups in total. The molecular formula is C21H13ClN4O3S2. The number of aliphatic imine (C=N–C) groups is 1. The van der Waals surface area contributed by atoms with Crippen LogP contribution in [0.1, 0.15) is 17.1 Å². The Kier molecular flexibility index (Phi) is 5.31. The van der Waals surface area contributed by atoms with Crippen molar-refractivity contribution in [2.24, 2.45) is 10.1 Å². The number of carbonyl (C=O) groups excluding carboxylic acids is 1. The number of hydrogen-bond acceptors (Lipinski definition) is 7. The van der Waals surface area contributed by atoms with Crippen molar-refractivity contribution in [3.8, 4) is 0 Å². The van der Waals surface area contributed by atoms with E-state index in [1.807, 2.05) is 36.4 Å². The number of benzene rings is 1. The maximum Gasteiger partial charge on any atom is 0.283 e. The van der Waals surface area contributed by atoms with E-state index in [0.29, 0.717) is 31.8 Å². The van der Waals surface area contributed by atoms with Crippen LogP contribution in [0.25, 0.3) is 6.08 Å². The summed E-state index contributed by atoms with van der Waals surface area (Å²) < 4.78 is 11.1. The van der Waals surface area contributed by atoms with Gasteiger partial charge in [-0.2, -0.15) is 15.1 Å². The molecule has 0 radical (unpaired) electrons. The van der Waals surface area contributed by atoms with E-state index in [1.54, 1.807) is 18.4 Å². The number of nitrogens with zero attached hydrogens (tertiary/aromatic N) is 3. The number of nitrogens with one attached hydrogen (secondary N) is 1. The first-order chi connectivity index (χ1) is 15.1. The summed E-state index contributed by atoms with van der Waals surface area (Å²) in [5, 5.41) is 16.4. The minimum Gasteiger partial charge on any atom is -0.468 e. The van der Waals surface area contributed by atoms with Crippen LogP contribution in [0, 0.1) is 5.41 Å². The van der Waals surface area contributed by atoms with Gasteiger partial charge in [0, 0.05) is 5.56 Å². The van der Waals surface area contributed by atoms with Crippen molar-refractivity contribution >= 4 is 63.2 Å². The number of amidine groups is 2. The molecule has 2 aliphatic rings. The number of hydrazone groups is 1. The molecule has 154 valence electrons. The lowest BCUT2D eigenvalue weighted by molar-refractivity contribution is -0.114. The Hall–Kier alpha value is -3.01. The van der Waals surface area contributed by atoms with Gasteiger partial charge in [0.2, 0.25) is 5.17 Å². The summed E-state index contributed by atoms with van der Waals surface area (Å²) in [5.41, 5.74) is 0.826. The first kappa shape index (κ1) is 19.9. The van der Waals surface area contributed by atoms with Crippen LogP contribution in [0.2, 0.25) is 5.02 Å². The second-order valence-corrected chi connectivity index (χ2v) is 8.77. The fourth-order valence-corrected chi connectivity index (χ4v) is 4.88. The number of hydrogen-bond donors (Lipinski definition) is 1. The van der Waals surface area contributed by atoms with E-state index in [2.05, 4.69) is 10.1 Å². The van der Waals surface area contributed by atoms with E-state index >= 15 is 0 Å². The van der Waals surface area contributed by atoms with E-state index in [0.717, 1.165) is 11.3 Å². The Balaban J connectivity index is 1.37. The molecule has 4 heterocycles. The van der Waals surface area contributed by atoms with E-state index in [-0.39, 0.29) is 11.4 Å². The quantitative estimate of drug-likeness (QED) is 0.393. The lowest BCUT2D eigenvalue weighted by atomic mass is 10.1. The monoisotopic (exact) mass is 468 g/mol. The number of thioether (sulfide) groups is 2. The summed E-state index contributed by atoms with van der Waals surface area (Å²) >= 11 is 8.94. The number of carbonyl (C=O) groups is 1. The average molecular weight is 469 g/mol. The molecule has 0 aliphatic carbocycles. The van der Waals surface area contributed by atoms with Gasteiger partial charge in [0.1, 0.15) is 16.6 Å². The van der Waals surface area contributed by atoms with Crippen LogP contribution in [0.5, 0.6) is 0 Å². The highest BCUT2D eigenvalue weighted by atomic mass is 35.5. The third-order valence-corrected chi connectivity index (χ3v) is 6.59. The van der Waals surface area contributed by atoms with E-state index in [1.165, 1.54) is 34.6 Å². The van der Waals surface area contributed by atoms with Crippen LogP contribution in [0.15, 0.2) is 84.4 Å². The molecular weight excluding hydrogens is 456 g/mol. The number of halogens is 1. The number of fused-ring (bicyclic) bond motifs is 1. The molecule has 7 nitrogen and oxygen atoms in total. The zero-order valence-electron chi connectivity index (χ0n) is 15.7. The van der Waals surface area contributed by atoms with Gasteiger partial charge in [-0.1, -0.05) is 41.6 Å². The molecule has 0 spiro atoms. The predicted molar refractivity (Wildman–Crippen MR) is 123 cm³/mol. The Morgan fingerprint density at radius 3 is 2.87 bits per heavy atom. The van der Waals surface area contributed by atoms with Crippen molar-refractivity contribution in [2.75, 3.05) is 0 Å². The van der Waals surface area contributed by atoms with Gasteiger partial charge in [-0.15, -0.1) is 0 Å². The van der Waals surface area contributed by atoms with Gasteiger partial charge < -0.3 is 8.83 Å². The Morgan fingerprint density at radius 1 is 1.19 bits per heavy atom. The average Bonchev–Trinajstić information content (AvgIpc) is 3.51. The summed E-state index contributed by atoms with van der Waals surface area (Å²) in [5.74, 6) is 1.34. The van der Waals surface area contributed by atoms with Gasteiger partial charge in [0.05, 0.1) is 22.6 Å². The van der Waals surface area contributed by atoms with Crippen LogP contribution in [-0.2, 0) is 10.5 Å².